The summed E-state index contributed by atoms with van der Waals surface area (Å²) in [5.74, 6) is -0.235. The number of hydrogen-bond acceptors (Lipinski definition) is 6. The van der Waals surface area contributed by atoms with E-state index < -0.39 is 4.92 Å². The molecule has 0 spiro atoms. The highest BCUT2D eigenvalue weighted by Gasteiger charge is 2.33. The van der Waals surface area contributed by atoms with E-state index in [2.05, 4.69) is 0 Å². The number of non-ortho nitro benzene ring substituents is 1. The summed E-state index contributed by atoms with van der Waals surface area (Å²) in [5, 5.41) is 30.8. The lowest BCUT2D eigenvalue weighted by Gasteiger charge is -2.24. The number of rotatable bonds is 7. The number of hydrogen-bond donors (Lipinski definition) is 2. The fourth-order valence-electron chi connectivity index (χ4n) is 3.81. The van der Waals surface area contributed by atoms with Crippen LogP contribution in [0.25, 0.3) is 10.8 Å². The molecule has 1 aliphatic heterocycles. The minimum Gasteiger partial charge on any atom is -0.395 e. The molecule has 3 aromatic carbocycles. The van der Waals surface area contributed by atoms with Gasteiger partial charge < -0.3 is 15.1 Å². The third kappa shape index (κ3) is 3.08. The van der Waals surface area contributed by atoms with Crippen LogP contribution in [0.5, 0.6) is 0 Å². The molecular weight excluding hydrogens is 374 g/mol. The van der Waals surface area contributed by atoms with E-state index in [4.69, 9.17) is 0 Å². The molecule has 29 heavy (non-hydrogen) atoms. The number of benzene rings is 3. The first kappa shape index (κ1) is 18.9. The summed E-state index contributed by atoms with van der Waals surface area (Å²) in [6.45, 7) is 0.693. The van der Waals surface area contributed by atoms with Crippen molar-refractivity contribution in [2.45, 2.75) is 0 Å². The van der Waals surface area contributed by atoms with Crippen molar-refractivity contribution in [2.75, 3.05) is 36.1 Å². The van der Waals surface area contributed by atoms with Gasteiger partial charge in [-0.2, -0.15) is 0 Å². The smallest absolute Gasteiger partial charge is 0.277 e. The molecular formula is C21H19N3O5. The van der Waals surface area contributed by atoms with Crippen molar-refractivity contribution in [1.82, 2.24) is 0 Å². The molecule has 8 heteroatoms. The molecule has 1 heterocycles. The fraction of sp³-hybridized carbons (Fsp3) is 0.190. The standard InChI is InChI=1S/C21H19N3O5/c25-12-10-22(11-13-26)14-4-6-15(7-5-14)23-19-9-8-18(24(28)29)16-2-1-3-17(20(16)19)21(23)27/h1-9,25-26H,10-13H2. The highest BCUT2D eigenvalue weighted by molar-refractivity contribution is 6.28. The van der Waals surface area contributed by atoms with E-state index >= 15 is 0 Å². The fourth-order valence-corrected chi connectivity index (χ4v) is 3.81. The summed E-state index contributed by atoms with van der Waals surface area (Å²) in [5.41, 5.74) is 2.47. The molecule has 0 atom stereocenters. The van der Waals surface area contributed by atoms with E-state index in [-0.39, 0.29) is 24.8 Å². The molecule has 1 aliphatic rings. The zero-order valence-electron chi connectivity index (χ0n) is 15.5. The lowest BCUT2D eigenvalue weighted by atomic mass is 10.0. The van der Waals surface area contributed by atoms with Crippen LogP contribution < -0.4 is 9.80 Å². The molecule has 1 amide bonds. The Hall–Kier alpha value is -3.49. The van der Waals surface area contributed by atoms with E-state index in [1.54, 1.807) is 41.3 Å². The number of aliphatic hydroxyl groups is 2. The Morgan fingerprint density at radius 1 is 0.966 bits per heavy atom. The molecule has 2 N–H and O–H groups in total. The molecule has 8 nitrogen and oxygen atoms in total. The van der Waals surface area contributed by atoms with Gasteiger partial charge in [0.1, 0.15) is 0 Å². The van der Waals surface area contributed by atoms with Crippen LogP contribution in [-0.4, -0.2) is 47.3 Å². The topological polar surface area (TPSA) is 107 Å². The normalized spacial score (nSPS) is 12.6. The first-order valence-electron chi connectivity index (χ1n) is 9.18. The zero-order valence-corrected chi connectivity index (χ0v) is 15.5. The Morgan fingerprint density at radius 3 is 2.28 bits per heavy atom. The van der Waals surface area contributed by atoms with E-state index in [1.165, 1.54) is 6.07 Å². The van der Waals surface area contributed by atoms with Gasteiger partial charge in [0, 0.05) is 35.9 Å². The molecule has 148 valence electrons. The average Bonchev–Trinajstić information content (AvgIpc) is 3.01. The van der Waals surface area contributed by atoms with Crippen LogP contribution in [-0.2, 0) is 0 Å². The molecule has 4 rings (SSSR count). The summed E-state index contributed by atoms with van der Waals surface area (Å²) in [6, 6.07) is 15.2. The number of carbonyl (C=O) groups excluding carboxylic acids is 1. The number of aliphatic hydroxyl groups excluding tert-OH is 2. The quantitative estimate of drug-likeness (QED) is 0.472. The molecule has 0 aromatic heterocycles. The van der Waals surface area contributed by atoms with Crippen molar-refractivity contribution >= 4 is 39.4 Å². The second-order valence-electron chi connectivity index (χ2n) is 6.68. The minimum atomic E-state index is -0.443. The monoisotopic (exact) mass is 393 g/mol. The third-order valence-corrected chi connectivity index (χ3v) is 5.08. The van der Waals surface area contributed by atoms with Crippen LogP contribution in [0.1, 0.15) is 10.4 Å². The highest BCUT2D eigenvalue weighted by atomic mass is 16.6. The second kappa shape index (κ2) is 7.50. The molecule has 0 fully saturated rings. The van der Waals surface area contributed by atoms with E-state index in [1.807, 2.05) is 17.0 Å². The summed E-state index contributed by atoms with van der Waals surface area (Å²) < 4.78 is 0. The number of nitro groups is 1. The van der Waals surface area contributed by atoms with Crippen LogP contribution in [0, 0.1) is 10.1 Å². The van der Waals surface area contributed by atoms with Crippen molar-refractivity contribution in [2.24, 2.45) is 0 Å². The summed E-state index contributed by atoms with van der Waals surface area (Å²) in [4.78, 5) is 27.4. The third-order valence-electron chi connectivity index (χ3n) is 5.08. The Kier molecular flexibility index (Phi) is 4.87. The van der Waals surface area contributed by atoms with Gasteiger partial charge in [0.25, 0.3) is 11.6 Å². The lowest BCUT2D eigenvalue weighted by Crippen LogP contribution is -2.29. The van der Waals surface area contributed by atoms with Gasteiger partial charge in [0.15, 0.2) is 0 Å². The van der Waals surface area contributed by atoms with E-state index in [0.717, 1.165) is 5.69 Å². The maximum atomic E-state index is 13.1. The highest BCUT2D eigenvalue weighted by Crippen LogP contribution is 2.44. The molecule has 0 saturated heterocycles. The molecule has 0 saturated carbocycles. The van der Waals surface area contributed by atoms with Gasteiger partial charge in [0.2, 0.25) is 0 Å². The van der Waals surface area contributed by atoms with Gasteiger partial charge >= 0.3 is 0 Å². The van der Waals surface area contributed by atoms with Gasteiger partial charge in [-0.1, -0.05) is 6.07 Å². The Bertz CT molecular complexity index is 1090. The molecule has 3 aromatic rings. The Morgan fingerprint density at radius 2 is 1.66 bits per heavy atom. The van der Waals surface area contributed by atoms with E-state index in [9.17, 15) is 25.1 Å². The minimum absolute atomic E-state index is 0.0285. The van der Waals surface area contributed by atoms with Gasteiger partial charge in [0.05, 0.1) is 34.8 Å². The Labute approximate surface area is 166 Å². The van der Waals surface area contributed by atoms with Crippen molar-refractivity contribution in [3.63, 3.8) is 0 Å². The van der Waals surface area contributed by atoms with E-state index in [0.29, 0.717) is 40.8 Å². The van der Waals surface area contributed by atoms with Crippen molar-refractivity contribution < 1.29 is 19.9 Å². The van der Waals surface area contributed by atoms with Crippen molar-refractivity contribution in [1.29, 1.82) is 0 Å². The largest absolute Gasteiger partial charge is 0.395 e. The molecule has 0 radical (unpaired) electrons. The van der Waals surface area contributed by atoms with Crippen LogP contribution >= 0.6 is 0 Å². The summed E-state index contributed by atoms with van der Waals surface area (Å²) in [6.07, 6.45) is 0. The number of anilines is 3. The predicted octanol–water partition coefficient (Wildman–Crippen LogP) is 2.83. The maximum Gasteiger partial charge on any atom is 0.277 e. The van der Waals surface area contributed by atoms with Gasteiger partial charge in [-0.05, 0) is 42.5 Å². The van der Waals surface area contributed by atoms with Crippen molar-refractivity contribution in [3.05, 3.63) is 70.3 Å². The number of nitro benzene ring substituents is 1. The molecule has 0 aliphatic carbocycles. The van der Waals surface area contributed by atoms with Crippen LogP contribution in [0.4, 0.5) is 22.7 Å². The lowest BCUT2D eigenvalue weighted by molar-refractivity contribution is -0.383. The number of carbonyl (C=O) groups is 1. The Balaban J connectivity index is 1.76. The van der Waals surface area contributed by atoms with Crippen LogP contribution in [0.3, 0.4) is 0 Å². The maximum absolute atomic E-state index is 13.1. The first-order valence-corrected chi connectivity index (χ1v) is 9.18. The summed E-state index contributed by atoms with van der Waals surface area (Å²) >= 11 is 0. The first-order chi connectivity index (χ1) is 14.1. The van der Waals surface area contributed by atoms with Gasteiger partial charge in [-0.3, -0.25) is 19.8 Å². The molecule has 0 unspecified atom stereocenters. The number of amides is 1. The van der Waals surface area contributed by atoms with Gasteiger partial charge in [-0.25, -0.2) is 0 Å². The SMILES string of the molecule is O=C1c2cccc3c([N+](=O)[O-])ccc(c23)N1c1ccc(N(CCO)CCO)cc1. The van der Waals surface area contributed by atoms with Crippen molar-refractivity contribution in [3.8, 4) is 0 Å². The average molecular weight is 393 g/mol. The van der Waals surface area contributed by atoms with Crippen LogP contribution in [0.15, 0.2) is 54.6 Å². The van der Waals surface area contributed by atoms with Gasteiger partial charge in [-0.15, -0.1) is 0 Å². The predicted molar refractivity (Wildman–Crippen MR) is 110 cm³/mol. The number of nitrogens with zero attached hydrogens (tertiary/aromatic N) is 3. The molecule has 0 bridgehead atoms. The zero-order chi connectivity index (χ0) is 20.5. The second-order valence-corrected chi connectivity index (χ2v) is 6.68. The van der Waals surface area contributed by atoms with Crippen LogP contribution in [0.2, 0.25) is 0 Å². The summed E-state index contributed by atoms with van der Waals surface area (Å²) in [7, 11) is 0.